The number of methoxy groups -OCH3 is 1. The molecule has 1 heterocycles. The van der Waals surface area contributed by atoms with E-state index in [0.29, 0.717) is 0 Å². The third kappa shape index (κ3) is 4.15. The molecule has 0 aliphatic rings. The Balaban J connectivity index is 2.77. The molecule has 1 unspecified atom stereocenters. The highest BCUT2D eigenvalue weighted by atomic mass is 19.4. The van der Waals surface area contributed by atoms with Crippen molar-refractivity contribution in [2.24, 2.45) is 0 Å². The normalized spacial score (nSPS) is 13.4. The van der Waals surface area contributed by atoms with Crippen molar-refractivity contribution < 1.29 is 23.0 Å². The largest absolute Gasteiger partial charge is 0.433 e. The van der Waals surface area contributed by atoms with Crippen LogP contribution in [0.2, 0.25) is 0 Å². The first-order valence-electron chi connectivity index (χ1n) is 5.27. The number of anilines is 1. The number of aliphatic hydroxyl groups is 1. The van der Waals surface area contributed by atoms with Crippen LogP contribution >= 0.6 is 0 Å². The average molecular weight is 264 g/mol. The molecule has 0 aliphatic heterocycles. The fourth-order valence-corrected chi connectivity index (χ4v) is 1.45. The molecule has 0 aliphatic carbocycles. The van der Waals surface area contributed by atoms with E-state index in [9.17, 15) is 18.3 Å². The number of aliphatic hydroxyl groups excluding tert-OH is 1. The molecule has 0 saturated heterocycles. The van der Waals surface area contributed by atoms with Crippen LogP contribution in [0.1, 0.15) is 5.69 Å². The van der Waals surface area contributed by atoms with Gasteiger partial charge in [0.1, 0.15) is 11.5 Å². The van der Waals surface area contributed by atoms with Gasteiger partial charge in [-0.05, 0) is 12.1 Å². The predicted molar refractivity (Wildman–Crippen MR) is 60.4 cm³/mol. The Bertz CT molecular complexity index is 385. The maximum Gasteiger partial charge on any atom is 0.433 e. The minimum atomic E-state index is -4.47. The monoisotopic (exact) mass is 264 g/mol. The Morgan fingerprint density at radius 3 is 2.67 bits per heavy atom. The van der Waals surface area contributed by atoms with Gasteiger partial charge in [0, 0.05) is 20.7 Å². The van der Waals surface area contributed by atoms with Gasteiger partial charge in [0.05, 0.1) is 12.7 Å². The Hall–Kier alpha value is -1.34. The number of likely N-dealkylation sites (N-methyl/N-ethyl adjacent to an activating group) is 1. The Kier molecular flexibility index (Phi) is 4.92. The number of hydrogen-bond donors (Lipinski definition) is 1. The summed E-state index contributed by atoms with van der Waals surface area (Å²) in [7, 11) is 2.99. The van der Waals surface area contributed by atoms with E-state index in [1.807, 2.05) is 0 Å². The minimum absolute atomic E-state index is 0.114. The lowest BCUT2D eigenvalue weighted by Gasteiger charge is -2.22. The quantitative estimate of drug-likeness (QED) is 0.876. The molecule has 1 atom stereocenters. The molecule has 0 aromatic carbocycles. The second kappa shape index (κ2) is 6.01. The molecule has 0 bridgehead atoms. The van der Waals surface area contributed by atoms with Crippen LogP contribution in [-0.2, 0) is 10.9 Å². The van der Waals surface area contributed by atoms with Crippen molar-refractivity contribution in [2.75, 3.05) is 32.2 Å². The van der Waals surface area contributed by atoms with Gasteiger partial charge in [-0.15, -0.1) is 0 Å². The summed E-state index contributed by atoms with van der Waals surface area (Å²) in [4.78, 5) is 4.95. The maximum atomic E-state index is 12.5. The van der Waals surface area contributed by atoms with Gasteiger partial charge in [0.2, 0.25) is 0 Å². The smallest absolute Gasteiger partial charge is 0.389 e. The lowest BCUT2D eigenvalue weighted by molar-refractivity contribution is -0.141. The molecule has 1 N–H and O–H groups in total. The first-order chi connectivity index (χ1) is 8.34. The van der Waals surface area contributed by atoms with E-state index in [-0.39, 0.29) is 19.0 Å². The molecular formula is C11H15F3N2O2. The Labute approximate surface area is 103 Å². The SMILES string of the molecule is COCC(O)CN(C)c1cccc(C(F)(F)F)n1. The van der Waals surface area contributed by atoms with Gasteiger partial charge in [0.25, 0.3) is 0 Å². The van der Waals surface area contributed by atoms with Gasteiger partial charge in [0.15, 0.2) is 0 Å². The van der Waals surface area contributed by atoms with Crippen LogP contribution in [0, 0.1) is 0 Å². The van der Waals surface area contributed by atoms with Gasteiger partial charge in [-0.3, -0.25) is 0 Å². The zero-order valence-corrected chi connectivity index (χ0v) is 10.1. The summed E-state index contributed by atoms with van der Waals surface area (Å²) in [6, 6.07) is 3.64. The van der Waals surface area contributed by atoms with Crippen molar-refractivity contribution in [1.82, 2.24) is 4.98 Å². The van der Waals surface area contributed by atoms with E-state index < -0.39 is 18.0 Å². The molecule has 4 nitrogen and oxygen atoms in total. The summed E-state index contributed by atoms with van der Waals surface area (Å²) in [6.07, 6.45) is -5.25. The zero-order valence-electron chi connectivity index (χ0n) is 10.1. The van der Waals surface area contributed by atoms with Crippen molar-refractivity contribution >= 4 is 5.82 Å². The minimum Gasteiger partial charge on any atom is -0.389 e. The lowest BCUT2D eigenvalue weighted by Crippen LogP contribution is -2.32. The van der Waals surface area contributed by atoms with Gasteiger partial charge < -0.3 is 14.7 Å². The molecule has 1 aromatic heterocycles. The Morgan fingerprint density at radius 2 is 2.11 bits per heavy atom. The number of rotatable bonds is 5. The fourth-order valence-electron chi connectivity index (χ4n) is 1.45. The van der Waals surface area contributed by atoms with Gasteiger partial charge in [-0.1, -0.05) is 6.07 Å². The van der Waals surface area contributed by atoms with E-state index in [2.05, 4.69) is 4.98 Å². The summed E-state index contributed by atoms with van der Waals surface area (Å²) >= 11 is 0. The van der Waals surface area contributed by atoms with E-state index in [1.54, 1.807) is 7.05 Å². The topological polar surface area (TPSA) is 45.6 Å². The van der Waals surface area contributed by atoms with E-state index in [1.165, 1.54) is 24.1 Å². The van der Waals surface area contributed by atoms with E-state index >= 15 is 0 Å². The van der Waals surface area contributed by atoms with Crippen LogP contribution < -0.4 is 4.90 Å². The van der Waals surface area contributed by atoms with Crippen LogP contribution in [0.5, 0.6) is 0 Å². The van der Waals surface area contributed by atoms with Gasteiger partial charge >= 0.3 is 6.18 Å². The molecule has 1 aromatic rings. The molecule has 0 fully saturated rings. The van der Waals surface area contributed by atoms with Crippen LogP contribution in [0.3, 0.4) is 0 Å². The third-order valence-corrected chi connectivity index (χ3v) is 2.26. The molecule has 7 heteroatoms. The van der Waals surface area contributed by atoms with Crippen molar-refractivity contribution in [3.63, 3.8) is 0 Å². The Morgan fingerprint density at radius 1 is 1.44 bits per heavy atom. The molecule has 0 saturated carbocycles. The second-order valence-corrected chi connectivity index (χ2v) is 3.87. The summed E-state index contributed by atoms with van der Waals surface area (Å²) in [6.45, 7) is 0.255. The van der Waals surface area contributed by atoms with Crippen molar-refractivity contribution in [3.8, 4) is 0 Å². The molecule has 102 valence electrons. The van der Waals surface area contributed by atoms with Gasteiger partial charge in [-0.2, -0.15) is 13.2 Å². The third-order valence-electron chi connectivity index (χ3n) is 2.26. The molecule has 0 radical (unpaired) electrons. The fraction of sp³-hybridized carbons (Fsp3) is 0.545. The van der Waals surface area contributed by atoms with Crippen LogP contribution in [0.25, 0.3) is 0 Å². The first-order valence-corrected chi connectivity index (χ1v) is 5.27. The van der Waals surface area contributed by atoms with Crippen LogP contribution in [-0.4, -0.2) is 43.5 Å². The number of halogens is 3. The molecule has 1 rings (SSSR count). The van der Waals surface area contributed by atoms with E-state index in [0.717, 1.165) is 6.07 Å². The average Bonchev–Trinajstić information content (AvgIpc) is 2.28. The van der Waals surface area contributed by atoms with Gasteiger partial charge in [-0.25, -0.2) is 4.98 Å². The molecule has 0 spiro atoms. The summed E-state index contributed by atoms with van der Waals surface area (Å²) < 4.78 is 42.1. The lowest BCUT2D eigenvalue weighted by atomic mass is 10.3. The van der Waals surface area contributed by atoms with Crippen molar-refractivity contribution in [3.05, 3.63) is 23.9 Å². The van der Waals surface area contributed by atoms with Crippen molar-refractivity contribution in [2.45, 2.75) is 12.3 Å². The molecular weight excluding hydrogens is 249 g/mol. The number of ether oxygens (including phenoxy) is 1. The first kappa shape index (κ1) is 14.7. The number of aromatic nitrogens is 1. The summed E-state index contributed by atoms with van der Waals surface area (Å²) in [5.41, 5.74) is -0.951. The standard InChI is InChI=1S/C11H15F3N2O2/c1-16(6-8(17)7-18-2)10-5-3-4-9(15-10)11(12,13)14/h3-5,8,17H,6-7H2,1-2H3. The van der Waals surface area contributed by atoms with Crippen LogP contribution in [0.15, 0.2) is 18.2 Å². The van der Waals surface area contributed by atoms with E-state index in [4.69, 9.17) is 4.74 Å². The van der Waals surface area contributed by atoms with Crippen LogP contribution in [0.4, 0.5) is 19.0 Å². The molecule has 18 heavy (non-hydrogen) atoms. The summed E-state index contributed by atoms with van der Waals surface area (Å²) in [5.74, 6) is 0.153. The molecule has 0 amide bonds. The highest BCUT2D eigenvalue weighted by Crippen LogP contribution is 2.28. The number of nitrogens with zero attached hydrogens (tertiary/aromatic N) is 2. The number of hydrogen-bond acceptors (Lipinski definition) is 4. The maximum absolute atomic E-state index is 12.5. The highest BCUT2D eigenvalue weighted by Gasteiger charge is 2.32. The number of alkyl halides is 3. The predicted octanol–water partition coefficient (Wildman–Crippen LogP) is 1.54. The second-order valence-electron chi connectivity index (χ2n) is 3.87. The summed E-state index contributed by atoms with van der Waals surface area (Å²) in [5, 5.41) is 9.49. The highest BCUT2D eigenvalue weighted by molar-refractivity contribution is 5.38. The zero-order chi connectivity index (χ0) is 13.8. The number of pyridine rings is 1. The van der Waals surface area contributed by atoms with Crippen molar-refractivity contribution in [1.29, 1.82) is 0 Å².